The first-order valence-corrected chi connectivity index (χ1v) is 7.92. The van der Waals surface area contributed by atoms with Crippen LogP contribution in [0.15, 0.2) is 48.5 Å². The number of aliphatic hydroxyl groups excluding tert-OH is 1. The van der Waals surface area contributed by atoms with Crippen LogP contribution >= 0.6 is 11.3 Å². The molecule has 0 saturated heterocycles. The highest BCUT2D eigenvalue weighted by Crippen LogP contribution is 2.32. The second kappa shape index (κ2) is 5.96. The number of aryl methyl sites for hydroxylation is 1. The van der Waals surface area contributed by atoms with E-state index in [4.69, 9.17) is 0 Å². The van der Waals surface area contributed by atoms with E-state index in [1.165, 1.54) is 29.0 Å². The third-order valence-corrected chi connectivity index (χ3v) is 4.89. The molecule has 1 nitrogen and oxygen atoms in total. The summed E-state index contributed by atoms with van der Waals surface area (Å²) in [6, 6.07) is 15.0. The first kappa shape index (κ1) is 14.2. The normalized spacial score (nSPS) is 12.7. The number of halogens is 1. The molecule has 1 heterocycles. The summed E-state index contributed by atoms with van der Waals surface area (Å²) in [7, 11) is 0. The molecule has 1 N–H and O–H groups in total. The van der Waals surface area contributed by atoms with Crippen molar-refractivity contribution in [3.05, 3.63) is 70.4 Å². The maximum atomic E-state index is 13.2. The van der Waals surface area contributed by atoms with Gasteiger partial charge in [-0.3, -0.25) is 0 Å². The molecular weight excluding hydrogens is 283 g/mol. The molecule has 0 saturated carbocycles. The molecule has 0 aliphatic rings. The molecule has 0 radical (unpaired) electrons. The fraction of sp³-hybridized carbons (Fsp3) is 0.222. The van der Waals surface area contributed by atoms with Gasteiger partial charge in [0.2, 0.25) is 0 Å². The summed E-state index contributed by atoms with van der Waals surface area (Å²) in [6.07, 6.45) is 1.06. The second-order valence-corrected chi connectivity index (χ2v) is 6.34. The first-order valence-electron chi connectivity index (χ1n) is 7.10. The van der Waals surface area contributed by atoms with Crippen molar-refractivity contribution in [2.75, 3.05) is 0 Å². The Bertz CT molecular complexity index is 746. The van der Waals surface area contributed by atoms with Gasteiger partial charge in [0.1, 0.15) is 5.82 Å². The molecule has 21 heavy (non-hydrogen) atoms. The van der Waals surface area contributed by atoms with Crippen LogP contribution in [0.4, 0.5) is 4.39 Å². The number of hydrogen-bond donors (Lipinski definition) is 1. The van der Waals surface area contributed by atoms with E-state index in [1.54, 1.807) is 6.07 Å². The van der Waals surface area contributed by atoms with Gasteiger partial charge in [-0.05, 0) is 41.1 Å². The van der Waals surface area contributed by atoms with Crippen LogP contribution in [0.1, 0.15) is 29.0 Å². The molecule has 2 aromatic carbocycles. The highest BCUT2D eigenvalue weighted by Gasteiger charge is 2.12. The minimum atomic E-state index is -0.544. The Morgan fingerprint density at radius 3 is 2.48 bits per heavy atom. The Hall–Kier alpha value is -1.71. The van der Waals surface area contributed by atoms with Crippen molar-refractivity contribution in [1.29, 1.82) is 0 Å². The molecule has 0 aliphatic carbocycles. The molecule has 0 spiro atoms. The zero-order valence-electron chi connectivity index (χ0n) is 11.8. The Morgan fingerprint density at radius 2 is 1.76 bits per heavy atom. The molecule has 0 amide bonds. The topological polar surface area (TPSA) is 20.2 Å². The van der Waals surface area contributed by atoms with E-state index in [0.29, 0.717) is 6.42 Å². The maximum Gasteiger partial charge on any atom is 0.124 e. The maximum absolute atomic E-state index is 13.2. The molecule has 1 unspecified atom stereocenters. The average Bonchev–Trinajstić information content (AvgIpc) is 2.91. The molecular formula is C18H17FOS. The lowest BCUT2D eigenvalue weighted by Gasteiger charge is -2.09. The molecule has 0 aliphatic heterocycles. The predicted molar refractivity (Wildman–Crippen MR) is 86.3 cm³/mol. The van der Waals surface area contributed by atoms with Crippen LogP contribution in [0.25, 0.3) is 10.1 Å². The third kappa shape index (κ3) is 3.14. The molecule has 3 heteroatoms. The predicted octanol–water partition coefficient (Wildman–Crippen LogP) is 4.88. The monoisotopic (exact) mass is 300 g/mol. The van der Waals surface area contributed by atoms with Gasteiger partial charge in [0.15, 0.2) is 0 Å². The summed E-state index contributed by atoms with van der Waals surface area (Å²) in [5, 5.41) is 11.4. The van der Waals surface area contributed by atoms with Crippen molar-refractivity contribution in [2.24, 2.45) is 0 Å². The van der Waals surface area contributed by atoms with Crippen molar-refractivity contribution in [2.45, 2.75) is 25.9 Å². The van der Waals surface area contributed by atoms with E-state index in [2.05, 4.69) is 31.2 Å². The second-order valence-electron chi connectivity index (χ2n) is 5.22. The minimum absolute atomic E-state index is 0.236. The number of benzene rings is 2. The summed E-state index contributed by atoms with van der Waals surface area (Å²) in [5.74, 6) is -0.236. The summed E-state index contributed by atoms with van der Waals surface area (Å²) in [4.78, 5) is 0.884. The minimum Gasteiger partial charge on any atom is -0.387 e. The summed E-state index contributed by atoms with van der Waals surface area (Å²) in [5.41, 5.74) is 2.41. The largest absolute Gasteiger partial charge is 0.387 e. The lowest BCUT2D eigenvalue weighted by atomic mass is 10.0. The lowest BCUT2D eigenvalue weighted by Crippen LogP contribution is -1.99. The van der Waals surface area contributed by atoms with E-state index in [9.17, 15) is 9.50 Å². The smallest absolute Gasteiger partial charge is 0.124 e. The van der Waals surface area contributed by atoms with E-state index in [0.717, 1.165) is 26.9 Å². The van der Waals surface area contributed by atoms with Gasteiger partial charge in [0.05, 0.1) is 6.10 Å². The fourth-order valence-electron chi connectivity index (χ4n) is 2.42. The highest BCUT2D eigenvalue weighted by atomic mass is 32.1. The van der Waals surface area contributed by atoms with Gasteiger partial charge in [-0.2, -0.15) is 0 Å². The highest BCUT2D eigenvalue weighted by molar-refractivity contribution is 7.19. The van der Waals surface area contributed by atoms with Gasteiger partial charge >= 0.3 is 0 Å². The van der Waals surface area contributed by atoms with Gasteiger partial charge in [-0.1, -0.05) is 37.3 Å². The van der Waals surface area contributed by atoms with Gasteiger partial charge in [-0.15, -0.1) is 11.3 Å². The zero-order valence-corrected chi connectivity index (χ0v) is 12.7. The van der Waals surface area contributed by atoms with Crippen LogP contribution in [-0.4, -0.2) is 5.11 Å². The average molecular weight is 300 g/mol. The van der Waals surface area contributed by atoms with Crippen molar-refractivity contribution < 1.29 is 9.50 Å². The molecule has 3 aromatic rings. The van der Waals surface area contributed by atoms with Gasteiger partial charge < -0.3 is 5.11 Å². The molecule has 1 atom stereocenters. The van der Waals surface area contributed by atoms with Crippen LogP contribution in [0, 0.1) is 5.82 Å². The quantitative estimate of drug-likeness (QED) is 0.728. The van der Waals surface area contributed by atoms with Gasteiger partial charge in [0, 0.05) is 16.0 Å². The van der Waals surface area contributed by atoms with Crippen molar-refractivity contribution in [3.8, 4) is 0 Å². The lowest BCUT2D eigenvalue weighted by molar-refractivity contribution is 0.182. The standard InChI is InChI=1S/C18H17FOS/c1-2-12-3-5-13(6-4-12)9-16(20)18-10-14-7-8-15(19)11-17(14)21-18/h3-8,10-11,16,20H,2,9H2,1H3. The number of hydrogen-bond acceptors (Lipinski definition) is 2. The van der Waals surface area contributed by atoms with Gasteiger partial charge in [0.25, 0.3) is 0 Å². The molecule has 0 fully saturated rings. The van der Waals surface area contributed by atoms with E-state index < -0.39 is 6.10 Å². The number of aliphatic hydroxyl groups is 1. The van der Waals surface area contributed by atoms with E-state index in [-0.39, 0.29) is 5.82 Å². The zero-order chi connectivity index (χ0) is 14.8. The number of thiophene rings is 1. The van der Waals surface area contributed by atoms with E-state index >= 15 is 0 Å². The van der Waals surface area contributed by atoms with Crippen molar-refractivity contribution in [1.82, 2.24) is 0 Å². The van der Waals surface area contributed by atoms with Gasteiger partial charge in [-0.25, -0.2) is 4.39 Å². The summed E-state index contributed by atoms with van der Waals surface area (Å²) < 4.78 is 14.1. The van der Waals surface area contributed by atoms with Crippen LogP contribution in [-0.2, 0) is 12.8 Å². The fourth-order valence-corrected chi connectivity index (χ4v) is 3.50. The Labute approximate surface area is 127 Å². The van der Waals surface area contributed by atoms with E-state index in [1.807, 2.05) is 6.07 Å². The number of fused-ring (bicyclic) bond motifs is 1. The molecule has 108 valence electrons. The van der Waals surface area contributed by atoms with Crippen molar-refractivity contribution >= 4 is 21.4 Å². The third-order valence-electron chi connectivity index (χ3n) is 3.69. The molecule has 0 bridgehead atoms. The first-order chi connectivity index (χ1) is 10.2. The van der Waals surface area contributed by atoms with Crippen molar-refractivity contribution in [3.63, 3.8) is 0 Å². The Balaban J connectivity index is 1.80. The Kier molecular flexibility index (Phi) is 4.04. The molecule has 1 aromatic heterocycles. The molecule has 3 rings (SSSR count). The SMILES string of the molecule is CCc1ccc(CC(O)c2cc3ccc(F)cc3s2)cc1. The van der Waals surface area contributed by atoms with Crippen LogP contribution in [0.3, 0.4) is 0 Å². The number of rotatable bonds is 4. The summed E-state index contributed by atoms with van der Waals surface area (Å²) in [6.45, 7) is 2.13. The van der Waals surface area contributed by atoms with Crippen LogP contribution in [0.2, 0.25) is 0 Å². The summed E-state index contributed by atoms with van der Waals surface area (Å²) >= 11 is 1.46. The Morgan fingerprint density at radius 1 is 1.05 bits per heavy atom. The van der Waals surface area contributed by atoms with Crippen LogP contribution < -0.4 is 0 Å². The van der Waals surface area contributed by atoms with Crippen LogP contribution in [0.5, 0.6) is 0 Å².